The summed E-state index contributed by atoms with van der Waals surface area (Å²) in [5.74, 6) is 3.46. The third-order valence-corrected chi connectivity index (χ3v) is 4.37. The van der Waals surface area contributed by atoms with Crippen LogP contribution >= 0.6 is 11.8 Å². The Morgan fingerprint density at radius 3 is 2.80 bits per heavy atom. The van der Waals surface area contributed by atoms with Gasteiger partial charge in [0.25, 0.3) is 0 Å². The highest BCUT2D eigenvalue weighted by Crippen LogP contribution is 2.39. The molecule has 0 amide bonds. The lowest BCUT2D eigenvalue weighted by Crippen LogP contribution is -2.00. The van der Waals surface area contributed by atoms with Crippen LogP contribution in [0.15, 0.2) is 35.4 Å². The van der Waals surface area contributed by atoms with Crippen LogP contribution in [0.5, 0.6) is 0 Å². The lowest BCUT2D eigenvalue weighted by Gasteiger charge is -2.07. The van der Waals surface area contributed by atoms with Crippen molar-refractivity contribution in [1.82, 2.24) is 9.97 Å². The van der Waals surface area contributed by atoms with Crippen LogP contribution in [0.25, 0.3) is 0 Å². The number of hydrogen-bond acceptors (Lipinski definition) is 4. The summed E-state index contributed by atoms with van der Waals surface area (Å²) in [7, 11) is 1.91. The highest BCUT2D eigenvalue weighted by molar-refractivity contribution is 7.98. The summed E-state index contributed by atoms with van der Waals surface area (Å²) >= 11 is 1.78. The first-order valence-corrected chi connectivity index (χ1v) is 7.98. The van der Waals surface area contributed by atoms with Gasteiger partial charge in [-0.05, 0) is 25.3 Å². The van der Waals surface area contributed by atoms with E-state index in [-0.39, 0.29) is 0 Å². The topological polar surface area (TPSA) is 37.8 Å². The minimum atomic E-state index is 0.585. The minimum absolute atomic E-state index is 0.585. The van der Waals surface area contributed by atoms with Crippen LogP contribution < -0.4 is 5.32 Å². The number of nitrogens with one attached hydrogen (secondary N) is 1. The number of rotatable bonds is 5. The Kier molecular flexibility index (Phi) is 3.92. The molecule has 20 heavy (non-hydrogen) atoms. The van der Waals surface area contributed by atoms with Crippen molar-refractivity contribution in [2.75, 3.05) is 12.4 Å². The van der Waals surface area contributed by atoms with Crippen molar-refractivity contribution >= 4 is 17.6 Å². The molecule has 2 aromatic rings. The van der Waals surface area contributed by atoms with Crippen molar-refractivity contribution < 1.29 is 0 Å². The Balaban J connectivity index is 1.74. The molecule has 3 rings (SSSR count). The predicted octanol–water partition coefficient (Wildman–Crippen LogP) is 4.00. The number of aryl methyl sites for hydroxylation is 1. The molecule has 1 saturated carbocycles. The Labute approximate surface area is 124 Å². The molecule has 1 aromatic carbocycles. The lowest BCUT2D eigenvalue weighted by atomic mass is 10.2. The van der Waals surface area contributed by atoms with E-state index in [0.29, 0.717) is 5.92 Å². The van der Waals surface area contributed by atoms with Crippen LogP contribution in [-0.2, 0) is 5.75 Å². The van der Waals surface area contributed by atoms with E-state index in [0.717, 1.165) is 22.4 Å². The van der Waals surface area contributed by atoms with Crippen molar-refractivity contribution in [1.29, 1.82) is 0 Å². The van der Waals surface area contributed by atoms with Gasteiger partial charge in [0.05, 0.1) is 0 Å². The standard InChI is InChI=1S/C16H19N3S/c1-11-4-3-5-12(8-11)10-20-15-9-14(17-2)18-16(19-15)13-6-7-13/h3-5,8-9,13H,6-7,10H2,1-2H3,(H,17,18,19). The van der Waals surface area contributed by atoms with Crippen molar-refractivity contribution in [2.24, 2.45) is 0 Å². The molecule has 104 valence electrons. The van der Waals surface area contributed by atoms with Crippen LogP contribution in [0.3, 0.4) is 0 Å². The van der Waals surface area contributed by atoms with Crippen LogP contribution in [0.4, 0.5) is 5.82 Å². The zero-order valence-electron chi connectivity index (χ0n) is 11.9. The predicted molar refractivity (Wildman–Crippen MR) is 84.3 cm³/mol. The molecule has 1 heterocycles. The molecule has 0 aliphatic heterocycles. The van der Waals surface area contributed by atoms with Crippen LogP contribution in [0.2, 0.25) is 0 Å². The maximum Gasteiger partial charge on any atom is 0.135 e. The molecule has 0 unspecified atom stereocenters. The number of anilines is 1. The van der Waals surface area contributed by atoms with Gasteiger partial charge in [-0.15, -0.1) is 11.8 Å². The SMILES string of the molecule is CNc1cc(SCc2cccc(C)c2)nc(C2CC2)n1. The summed E-state index contributed by atoms with van der Waals surface area (Å²) in [5.41, 5.74) is 2.65. The zero-order valence-corrected chi connectivity index (χ0v) is 12.7. The molecule has 1 aliphatic rings. The monoisotopic (exact) mass is 285 g/mol. The van der Waals surface area contributed by atoms with E-state index >= 15 is 0 Å². The molecule has 0 saturated heterocycles. The molecule has 0 spiro atoms. The fraction of sp³-hybridized carbons (Fsp3) is 0.375. The van der Waals surface area contributed by atoms with Gasteiger partial charge in [-0.2, -0.15) is 0 Å². The molecule has 0 bridgehead atoms. The zero-order chi connectivity index (χ0) is 13.9. The maximum absolute atomic E-state index is 4.69. The summed E-state index contributed by atoms with van der Waals surface area (Å²) in [6.07, 6.45) is 2.46. The lowest BCUT2D eigenvalue weighted by molar-refractivity contribution is 0.880. The van der Waals surface area contributed by atoms with E-state index in [9.17, 15) is 0 Å². The maximum atomic E-state index is 4.69. The first-order chi connectivity index (χ1) is 9.74. The first-order valence-electron chi connectivity index (χ1n) is 6.99. The number of nitrogens with zero attached hydrogens (tertiary/aromatic N) is 2. The second kappa shape index (κ2) is 5.83. The molecule has 4 heteroatoms. The van der Waals surface area contributed by atoms with Gasteiger partial charge in [-0.1, -0.05) is 29.8 Å². The van der Waals surface area contributed by atoms with Gasteiger partial charge < -0.3 is 5.32 Å². The summed E-state index contributed by atoms with van der Waals surface area (Å²) in [5, 5.41) is 4.20. The Bertz CT molecular complexity index is 608. The summed E-state index contributed by atoms with van der Waals surface area (Å²) in [6, 6.07) is 10.7. The molecule has 1 aliphatic carbocycles. The van der Waals surface area contributed by atoms with Gasteiger partial charge in [0, 0.05) is 24.8 Å². The molecule has 3 nitrogen and oxygen atoms in total. The van der Waals surface area contributed by atoms with Crippen LogP contribution in [-0.4, -0.2) is 17.0 Å². The molecule has 1 N–H and O–H groups in total. The van der Waals surface area contributed by atoms with Crippen molar-refractivity contribution in [3.63, 3.8) is 0 Å². The van der Waals surface area contributed by atoms with E-state index in [1.807, 2.05) is 13.1 Å². The van der Waals surface area contributed by atoms with Crippen molar-refractivity contribution in [2.45, 2.75) is 36.5 Å². The molecule has 1 fully saturated rings. The van der Waals surface area contributed by atoms with E-state index in [2.05, 4.69) is 41.5 Å². The second-order valence-corrected chi connectivity index (χ2v) is 6.25. The van der Waals surface area contributed by atoms with Gasteiger partial charge in [0.1, 0.15) is 16.7 Å². The normalized spacial score (nSPS) is 14.3. The number of aromatic nitrogens is 2. The van der Waals surface area contributed by atoms with Gasteiger partial charge in [0.15, 0.2) is 0 Å². The van der Waals surface area contributed by atoms with Crippen LogP contribution in [0, 0.1) is 6.92 Å². The molecule has 0 atom stereocenters. The fourth-order valence-corrected chi connectivity index (χ4v) is 2.98. The Hall–Kier alpha value is -1.55. The quantitative estimate of drug-likeness (QED) is 0.665. The van der Waals surface area contributed by atoms with Gasteiger partial charge in [-0.3, -0.25) is 0 Å². The summed E-state index contributed by atoms with van der Waals surface area (Å²) in [6.45, 7) is 2.13. The molecular formula is C16H19N3S. The van der Waals surface area contributed by atoms with Gasteiger partial charge in [-0.25, -0.2) is 9.97 Å². The Morgan fingerprint density at radius 2 is 2.10 bits per heavy atom. The number of hydrogen-bond donors (Lipinski definition) is 1. The molecular weight excluding hydrogens is 266 g/mol. The third-order valence-electron chi connectivity index (χ3n) is 3.39. The molecule has 0 radical (unpaired) electrons. The smallest absolute Gasteiger partial charge is 0.135 e. The van der Waals surface area contributed by atoms with E-state index in [1.54, 1.807) is 11.8 Å². The van der Waals surface area contributed by atoms with Crippen LogP contribution in [0.1, 0.15) is 35.7 Å². The fourth-order valence-electron chi connectivity index (χ4n) is 2.13. The number of thioether (sulfide) groups is 1. The van der Waals surface area contributed by atoms with E-state index in [1.165, 1.54) is 24.0 Å². The van der Waals surface area contributed by atoms with Crippen molar-refractivity contribution in [3.8, 4) is 0 Å². The highest BCUT2D eigenvalue weighted by atomic mass is 32.2. The average molecular weight is 285 g/mol. The first kappa shape index (κ1) is 13.4. The average Bonchev–Trinajstić information content (AvgIpc) is 3.29. The van der Waals surface area contributed by atoms with Crippen molar-refractivity contribution in [3.05, 3.63) is 47.3 Å². The van der Waals surface area contributed by atoms with E-state index in [4.69, 9.17) is 4.98 Å². The van der Waals surface area contributed by atoms with E-state index < -0.39 is 0 Å². The largest absolute Gasteiger partial charge is 0.373 e. The van der Waals surface area contributed by atoms with Gasteiger partial charge >= 0.3 is 0 Å². The Morgan fingerprint density at radius 1 is 1.25 bits per heavy atom. The molecule has 1 aromatic heterocycles. The van der Waals surface area contributed by atoms with Gasteiger partial charge in [0.2, 0.25) is 0 Å². The summed E-state index contributed by atoms with van der Waals surface area (Å²) in [4.78, 5) is 9.24. The second-order valence-electron chi connectivity index (χ2n) is 5.25. The highest BCUT2D eigenvalue weighted by Gasteiger charge is 2.27. The number of benzene rings is 1. The third kappa shape index (κ3) is 3.31. The summed E-state index contributed by atoms with van der Waals surface area (Å²) < 4.78 is 0. The minimum Gasteiger partial charge on any atom is -0.373 e.